The summed E-state index contributed by atoms with van der Waals surface area (Å²) in [5.41, 5.74) is 8.92. The van der Waals surface area contributed by atoms with E-state index in [1.54, 1.807) is 31.3 Å². The first-order valence-electron chi connectivity index (χ1n) is 15.1. The van der Waals surface area contributed by atoms with Gasteiger partial charge < -0.3 is 25.8 Å². The fourth-order valence-corrected chi connectivity index (χ4v) is 7.29. The Bertz CT molecular complexity index is 1650. The Hall–Kier alpha value is -3.52. The highest BCUT2D eigenvalue weighted by molar-refractivity contribution is 7.11. The number of aryl methyl sites for hydroxylation is 1. The number of thiazole rings is 1. The van der Waals surface area contributed by atoms with Gasteiger partial charge in [-0.25, -0.2) is 9.78 Å². The van der Waals surface area contributed by atoms with Gasteiger partial charge in [-0.1, -0.05) is 41.4 Å². The summed E-state index contributed by atoms with van der Waals surface area (Å²) in [5, 5.41) is 18.1. The third-order valence-corrected chi connectivity index (χ3v) is 9.76. The van der Waals surface area contributed by atoms with E-state index in [4.69, 9.17) is 38.7 Å². The number of ether oxygens (including phenoxy) is 1. The van der Waals surface area contributed by atoms with Crippen molar-refractivity contribution in [2.75, 3.05) is 44.2 Å². The van der Waals surface area contributed by atoms with Crippen molar-refractivity contribution in [1.82, 2.24) is 20.1 Å². The van der Waals surface area contributed by atoms with E-state index in [1.807, 2.05) is 34.5 Å². The molecule has 4 N–H and O–H groups in total. The van der Waals surface area contributed by atoms with E-state index >= 15 is 0 Å². The maximum Gasteiger partial charge on any atom is 0.338 e. The van der Waals surface area contributed by atoms with Crippen molar-refractivity contribution in [3.05, 3.63) is 91.5 Å². The monoisotopic (exact) mass is 683 g/mol. The van der Waals surface area contributed by atoms with Crippen molar-refractivity contribution >= 4 is 57.9 Å². The van der Waals surface area contributed by atoms with Crippen LogP contribution in [0.2, 0.25) is 10.0 Å². The molecule has 14 heteroatoms. The summed E-state index contributed by atoms with van der Waals surface area (Å²) >= 11 is 14.3. The van der Waals surface area contributed by atoms with Crippen molar-refractivity contribution in [1.29, 1.82) is 0 Å². The van der Waals surface area contributed by atoms with E-state index in [9.17, 15) is 14.7 Å². The second kappa shape index (κ2) is 14.1. The Morgan fingerprint density at radius 1 is 1.15 bits per heavy atom. The summed E-state index contributed by atoms with van der Waals surface area (Å²) in [7, 11) is 0. The molecule has 46 heavy (non-hydrogen) atoms. The summed E-state index contributed by atoms with van der Waals surface area (Å²) in [6, 6.07) is 12.4. The topological polar surface area (TPSA) is 137 Å². The first-order chi connectivity index (χ1) is 22.2. The first kappa shape index (κ1) is 32.4. The zero-order valence-electron chi connectivity index (χ0n) is 25.2. The number of esters is 1. The molecule has 0 unspecified atom stereocenters. The van der Waals surface area contributed by atoms with Crippen molar-refractivity contribution in [3.8, 4) is 0 Å². The molecule has 2 fully saturated rings. The predicted octanol–water partition coefficient (Wildman–Crippen LogP) is 3.56. The number of nitrogens with one attached hydrogen (secondary N) is 1. The molecule has 3 aliphatic rings. The lowest BCUT2D eigenvalue weighted by Crippen LogP contribution is -2.54. The minimum Gasteiger partial charge on any atom is -0.463 e. The van der Waals surface area contributed by atoms with Crippen LogP contribution in [-0.4, -0.2) is 89.3 Å². The van der Waals surface area contributed by atoms with Gasteiger partial charge in [-0.15, -0.1) is 11.3 Å². The number of fused-ring (bicyclic) bond motifs is 1. The van der Waals surface area contributed by atoms with Gasteiger partial charge in [-0.2, -0.15) is 0 Å². The summed E-state index contributed by atoms with van der Waals surface area (Å²) in [6.07, 6.45) is 1.83. The lowest BCUT2D eigenvalue weighted by molar-refractivity contribution is -0.139. The van der Waals surface area contributed by atoms with Crippen LogP contribution < -0.4 is 16.0 Å². The summed E-state index contributed by atoms with van der Waals surface area (Å²) in [5.74, 6) is -0.247. The van der Waals surface area contributed by atoms with Crippen LogP contribution in [-0.2, 0) is 20.7 Å². The van der Waals surface area contributed by atoms with Crippen LogP contribution >= 0.6 is 34.5 Å². The molecule has 3 atom stereocenters. The minimum atomic E-state index is -0.759. The number of anilines is 1. The van der Waals surface area contributed by atoms with Crippen molar-refractivity contribution in [2.45, 2.75) is 38.2 Å². The molecule has 0 aliphatic carbocycles. The highest BCUT2D eigenvalue weighted by atomic mass is 35.5. The lowest BCUT2D eigenvalue weighted by Gasteiger charge is -2.39. The maximum atomic E-state index is 13.6. The van der Waals surface area contributed by atoms with Gasteiger partial charge in [0.25, 0.3) is 0 Å². The summed E-state index contributed by atoms with van der Waals surface area (Å²) in [4.78, 5) is 40.5. The Morgan fingerprint density at radius 3 is 2.65 bits per heavy atom. The van der Waals surface area contributed by atoms with E-state index in [0.29, 0.717) is 83.3 Å². The number of aliphatic hydroxyl groups is 1. The second-order valence-electron chi connectivity index (χ2n) is 11.4. The van der Waals surface area contributed by atoms with Crippen LogP contribution in [0.5, 0.6) is 0 Å². The quantitative estimate of drug-likeness (QED) is 0.274. The normalized spacial score (nSPS) is 22.0. The molecule has 0 bridgehead atoms. The van der Waals surface area contributed by atoms with Gasteiger partial charge >= 0.3 is 5.97 Å². The van der Waals surface area contributed by atoms with E-state index in [1.165, 1.54) is 11.3 Å². The molecular formula is C32H35Cl2N7O4S. The number of amidine groups is 1. The highest BCUT2D eigenvalue weighted by Crippen LogP contribution is 2.38. The Morgan fingerprint density at radius 2 is 1.96 bits per heavy atom. The molecule has 3 aromatic rings. The fraction of sp³-hybridized carbons (Fsp3) is 0.375. The van der Waals surface area contributed by atoms with E-state index in [-0.39, 0.29) is 18.6 Å². The van der Waals surface area contributed by atoms with Crippen molar-refractivity contribution in [3.63, 3.8) is 0 Å². The molecule has 6 rings (SSSR count). The molecule has 0 saturated carbocycles. The van der Waals surface area contributed by atoms with Crippen LogP contribution in [0.15, 0.2) is 70.3 Å². The highest BCUT2D eigenvalue weighted by Gasteiger charge is 2.42. The van der Waals surface area contributed by atoms with Gasteiger partial charge in [-0.05, 0) is 43.2 Å². The molecule has 2 saturated heterocycles. The summed E-state index contributed by atoms with van der Waals surface area (Å²) in [6.45, 7) is 5.02. The predicted molar refractivity (Wildman–Crippen MR) is 179 cm³/mol. The average Bonchev–Trinajstić information content (AvgIpc) is 3.69. The molecule has 242 valence electrons. The largest absolute Gasteiger partial charge is 0.463 e. The van der Waals surface area contributed by atoms with Gasteiger partial charge in [0.15, 0.2) is 17.2 Å². The van der Waals surface area contributed by atoms with E-state index in [2.05, 4.69) is 20.1 Å². The Kier molecular flexibility index (Phi) is 9.92. The first-order valence-corrected chi connectivity index (χ1v) is 16.7. The Balaban J connectivity index is 1.25. The molecule has 2 aromatic carbocycles. The standard InChI is InChI=1S/C32H35Cl2N7O4S/c1-2-45-31(43)27-25(37-29(30-36-11-14-46-30)38-28(27)23-9-6-20(33)15-24(23)34)18-39-12-13-40-22(16-39)17-41(32(40)44)21-7-3-19(4-8-21)5-10-26(35)42/h3-4,6-9,11,14-15,22,28,32,44H,2,5,10,12-13,16-18H2,1H3,(H2,35,42)(H,37,38)/t22-,28-,32-/m0/s1. The molecule has 4 heterocycles. The second-order valence-corrected chi connectivity index (χ2v) is 13.1. The number of aromatic nitrogens is 1. The van der Waals surface area contributed by atoms with E-state index < -0.39 is 18.4 Å². The van der Waals surface area contributed by atoms with Gasteiger partial charge in [0.1, 0.15) is 6.04 Å². The van der Waals surface area contributed by atoms with Crippen LogP contribution in [0.4, 0.5) is 5.69 Å². The Labute approximate surface area is 281 Å². The van der Waals surface area contributed by atoms with E-state index in [0.717, 1.165) is 11.3 Å². The third-order valence-electron chi connectivity index (χ3n) is 8.42. The number of carbonyl (C=O) groups excluding carboxylic acids is 2. The number of nitrogens with zero attached hydrogens (tertiary/aromatic N) is 5. The van der Waals surface area contributed by atoms with Gasteiger partial charge in [0, 0.05) is 83.8 Å². The number of hydrogen-bond donors (Lipinski definition) is 3. The number of nitrogens with two attached hydrogens (primary N) is 1. The maximum absolute atomic E-state index is 13.6. The average molecular weight is 685 g/mol. The number of aliphatic imine (C=N–C) groups is 1. The summed E-state index contributed by atoms with van der Waals surface area (Å²) < 4.78 is 5.55. The minimum absolute atomic E-state index is 0.0575. The van der Waals surface area contributed by atoms with Crippen molar-refractivity contribution < 1.29 is 19.4 Å². The molecule has 1 amide bonds. The molecule has 0 radical (unpaired) electrons. The van der Waals surface area contributed by atoms with Crippen LogP contribution in [0, 0.1) is 0 Å². The zero-order valence-corrected chi connectivity index (χ0v) is 27.6. The third kappa shape index (κ3) is 6.92. The van der Waals surface area contributed by atoms with Gasteiger partial charge in [-0.3, -0.25) is 19.6 Å². The molecule has 3 aliphatic heterocycles. The number of aliphatic hydroxyl groups excluding tert-OH is 1. The molecule has 1 aromatic heterocycles. The number of piperazine rings is 1. The smallest absolute Gasteiger partial charge is 0.338 e. The number of carbonyl (C=O) groups is 2. The van der Waals surface area contributed by atoms with Crippen LogP contribution in [0.1, 0.15) is 35.5 Å². The van der Waals surface area contributed by atoms with Crippen LogP contribution in [0.25, 0.3) is 0 Å². The molecule has 11 nitrogen and oxygen atoms in total. The number of primary amides is 1. The number of halogens is 2. The number of hydrogen-bond acceptors (Lipinski definition) is 11. The van der Waals surface area contributed by atoms with Gasteiger partial charge in [0.05, 0.1) is 12.2 Å². The SMILES string of the molecule is CCOC(=O)C1=C(CN2CCN3[C@@H](C2)CN(c2ccc(CCC(N)=O)cc2)[C@H]3O)NC(c2nccs2)=N[C@H]1c1ccc(Cl)cc1Cl. The number of amides is 1. The lowest BCUT2D eigenvalue weighted by atomic mass is 9.95. The van der Waals surface area contributed by atoms with Crippen LogP contribution in [0.3, 0.4) is 0 Å². The molecule has 0 spiro atoms. The zero-order chi connectivity index (χ0) is 32.4. The fourth-order valence-electron chi connectivity index (χ4n) is 6.20. The van der Waals surface area contributed by atoms with Gasteiger partial charge in [0.2, 0.25) is 5.91 Å². The number of benzene rings is 2. The number of rotatable bonds is 10. The van der Waals surface area contributed by atoms with Crippen molar-refractivity contribution in [2.24, 2.45) is 10.7 Å². The molecular weight excluding hydrogens is 649 g/mol.